The molecule has 0 radical (unpaired) electrons. The molecule has 29 heavy (non-hydrogen) atoms. The molecule has 4 heteroatoms. The molecule has 8 unspecified atom stereocenters. The van der Waals surface area contributed by atoms with E-state index >= 15 is 0 Å². The van der Waals surface area contributed by atoms with Gasteiger partial charge >= 0.3 is 11.9 Å². The maximum atomic E-state index is 11.9. The summed E-state index contributed by atoms with van der Waals surface area (Å²) < 4.78 is 11.4. The minimum atomic E-state index is -0.737. The van der Waals surface area contributed by atoms with Gasteiger partial charge in [0, 0.05) is 19.3 Å². The highest BCUT2D eigenvalue weighted by Crippen LogP contribution is 2.68. The van der Waals surface area contributed by atoms with Crippen LogP contribution in [0.25, 0.3) is 0 Å². The molecule has 0 bridgehead atoms. The highest BCUT2D eigenvalue weighted by molar-refractivity contribution is 5.67. The first-order valence-corrected chi connectivity index (χ1v) is 11.5. The van der Waals surface area contributed by atoms with Crippen LogP contribution in [0.1, 0.15) is 85.5 Å². The van der Waals surface area contributed by atoms with Crippen LogP contribution in [0.15, 0.2) is 0 Å². The summed E-state index contributed by atoms with van der Waals surface area (Å²) in [6.45, 7) is 7.79. The van der Waals surface area contributed by atoms with Gasteiger partial charge in [-0.3, -0.25) is 9.59 Å². The van der Waals surface area contributed by atoms with Crippen LogP contribution in [0, 0.1) is 46.8 Å². The number of hydrogen-bond acceptors (Lipinski definition) is 4. The van der Waals surface area contributed by atoms with Gasteiger partial charge in [-0.05, 0) is 86.9 Å². The van der Waals surface area contributed by atoms with Crippen molar-refractivity contribution in [2.24, 2.45) is 34.5 Å². The summed E-state index contributed by atoms with van der Waals surface area (Å²) >= 11 is 0. The van der Waals surface area contributed by atoms with Crippen molar-refractivity contribution in [1.29, 1.82) is 0 Å². The Morgan fingerprint density at radius 1 is 0.931 bits per heavy atom. The van der Waals surface area contributed by atoms with Gasteiger partial charge in [-0.15, -0.1) is 6.42 Å². The molecule has 0 aromatic rings. The second-order valence-corrected chi connectivity index (χ2v) is 10.7. The van der Waals surface area contributed by atoms with Gasteiger partial charge in [0.05, 0.1) is 0 Å². The topological polar surface area (TPSA) is 52.6 Å². The molecule has 0 aromatic heterocycles. The monoisotopic (exact) mass is 400 g/mol. The molecule has 160 valence electrons. The van der Waals surface area contributed by atoms with Crippen LogP contribution in [0.5, 0.6) is 0 Å². The van der Waals surface area contributed by atoms with E-state index in [4.69, 9.17) is 15.9 Å². The molecule has 0 N–H and O–H groups in total. The lowest BCUT2D eigenvalue weighted by atomic mass is 9.44. The summed E-state index contributed by atoms with van der Waals surface area (Å²) in [4.78, 5) is 23.3. The second-order valence-electron chi connectivity index (χ2n) is 10.7. The molecule has 4 aliphatic rings. The number of fused-ring (bicyclic) bond motifs is 5. The van der Waals surface area contributed by atoms with Crippen LogP contribution >= 0.6 is 0 Å². The van der Waals surface area contributed by atoms with Gasteiger partial charge in [0.1, 0.15) is 6.10 Å². The first kappa shape index (κ1) is 20.8. The minimum Gasteiger partial charge on any atom is -0.463 e. The van der Waals surface area contributed by atoms with E-state index < -0.39 is 5.60 Å². The van der Waals surface area contributed by atoms with Gasteiger partial charge in [-0.25, -0.2) is 0 Å². The average molecular weight is 401 g/mol. The van der Waals surface area contributed by atoms with E-state index in [1.54, 1.807) is 0 Å². The Kier molecular flexibility index (Phi) is 5.03. The van der Waals surface area contributed by atoms with Crippen molar-refractivity contribution >= 4 is 11.9 Å². The number of carbonyl (C=O) groups excluding carboxylic acids is 2. The number of esters is 2. The molecule has 0 saturated heterocycles. The van der Waals surface area contributed by atoms with Gasteiger partial charge < -0.3 is 9.47 Å². The third-order valence-corrected chi connectivity index (χ3v) is 9.62. The Hall–Kier alpha value is -1.50. The lowest BCUT2D eigenvalue weighted by Crippen LogP contribution is -2.57. The van der Waals surface area contributed by atoms with Crippen molar-refractivity contribution in [3.05, 3.63) is 0 Å². The summed E-state index contributed by atoms with van der Waals surface area (Å²) in [6, 6.07) is 0. The molecule has 4 fully saturated rings. The SMILES string of the molecule is C#CC1(OC(C)=O)CCC2C3CCC4CC(OC(C)=O)CCC4(C)C3CCC21C. The summed E-state index contributed by atoms with van der Waals surface area (Å²) in [5, 5.41) is 0. The van der Waals surface area contributed by atoms with Crippen LogP contribution in [0.3, 0.4) is 0 Å². The molecule has 0 amide bonds. The van der Waals surface area contributed by atoms with Crippen LogP contribution in [-0.2, 0) is 19.1 Å². The summed E-state index contributed by atoms with van der Waals surface area (Å²) in [6.07, 6.45) is 15.7. The van der Waals surface area contributed by atoms with E-state index in [2.05, 4.69) is 19.8 Å². The Morgan fingerprint density at radius 3 is 2.31 bits per heavy atom. The predicted molar refractivity (Wildman–Crippen MR) is 111 cm³/mol. The molecule has 4 rings (SSSR count). The lowest BCUT2D eigenvalue weighted by molar-refractivity contribution is -0.178. The highest BCUT2D eigenvalue weighted by atomic mass is 16.6. The number of carbonyl (C=O) groups is 2. The summed E-state index contributed by atoms with van der Waals surface area (Å²) in [7, 11) is 0. The number of ether oxygens (including phenoxy) is 2. The maximum absolute atomic E-state index is 11.9. The van der Waals surface area contributed by atoms with Crippen molar-refractivity contribution < 1.29 is 19.1 Å². The zero-order valence-electron chi connectivity index (χ0n) is 18.5. The zero-order valence-corrected chi connectivity index (χ0v) is 18.5. The molecule has 4 nitrogen and oxygen atoms in total. The average Bonchev–Trinajstić information content (AvgIpc) is 2.94. The number of terminal acetylenes is 1. The Bertz CT molecular complexity index is 738. The molecule has 0 aliphatic heterocycles. The molecule has 4 aliphatic carbocycles. The van der Waals surface area contributed by atoms with Crippen molar-refractivity contribution in [3.8, 4) is 12.3 Å². The van der Waals surface area contributed by atoms with Crippen molar-refractivity contribution in [1.82, 2.24) is 0 Å². The number of rotatable bonds is 2. The van der Waals surface area contributed by atoms with Crippen LogP contribution in [0.2, 0.25) is 0 Å². The molecule has 8 atom stereocenters. The van der Waals surface area contributed by atoms with E-state index in [1.165, 1.54) is 26.7 Å². The lowest BCUT2D eigenvalue weighted by Gasteiger charge is -2.61. The molecular weight excluding hydrogens is 364 g/mol. The normalized spacial score (nSPS) is 48.4. The zero-order chi connectivity index (χ0) is 21.0. The molecule has 0 spiro atoms. The standard InChI is InChI=1S/C25H36O4/c1-6-25(29-17(3)27)14-11-22-20-8-7-18-15-19(28-16(2)26)9-12-23(18,4)21(20)10-13-24(22,25)5/h1,18-22H,7-15H2,2-5H3. The highest BCUT2D eigenvalue weighted by Gasteiger charge is 2.66. The second kappa shape index (κ2) is 7.03. The third kappa shape index (κ3) is 3.03. The van der Waals surface area contributed by atoms with Crippen LogP contribution < -0.4 is 0 Å². The summed E-state index contributed by atoms with van der Waals surface area (Å²) in [5.74, 6) is 5.06. The van der Waals surface area contributed by atoms with Gasteiger partial charge in [-0.2, -0.15) is 0 Å². The fraction of sp³-hybridized carbons (Fsp3) is 0.840. The predicted octanol–water partition coefficient (Wildman–Crippen LogP) is 4.90. The Morgan fingerprint density at radius 2 is 1.66 bits per heavy atom. The van der Waals surface area contributed by atoms with Gasteiger partial charge in [-0.1, -0.05) is 19.8 Å². The minimum absolute atomic E-state index is 0.0977. The van der Waals surface area contributed by atoms with Gasteiger partial charge in [0.25, 0.3) is 0 Å². The molecular formula is C25H36O4. The molecule has 0 aromatic carbocycles. The third-order valence-electron chi connectivity index (χ3n) is 9.62. The smallest absolute Gasteiger partial charge is 0.304 e. The first-order valence-electron chi connectivity index (χ1n) is 11.5. The largest absolute Gasteiger partial charge is 0.463 e. The van der Waals surface area contributed by atoms with Crippen molar-refractivity contribution in [3.63, 3.8) is 0 Å². The number of hydrogen-bond donors (Lipinski definition) is 0. The molecule has 0 heterocycles. The van der Waals surface area contributed by atoms with Gasteiger partial charge in [0.15, 0.2) is 5.60 Å². The Balaban J connectivity index is 1.57. The van der Waals surface area contributed by atoms with Crippen molar-refractivity contribution in [2.45, 2.75) is 97.2 Å². The maximum Gasteiger partial charge on any atom is 0.304 e. The van der Waals surface area contributed by atoms with E-state index in [0.29, 0.717) is 29.1 Å². The van der Waals surface area contributed by atoms with E-state index in [9.17, 15) is 9.59 Å². The van der Waals surface area contributed by atoms with E-state index in [1.807, 2.05) is 0 Å². The quantitative estimate of drug-likeness (QED) is 0.489. The fourth-order valence-electron chi connectivity index (χ4n) is 8.24. The molecule has 4 saturated carbocycles. The van der Waals surface area contributed by atoms with Crippen molar-refractivity contribution in [2.75, 3.05) is 0 Å². The van der Waals surface area contributed by atoms with Crippen LogP contribution in [0.4, 0.5) is 0 Å². The summed E-state index contributed by atoms with van der Waals surface area (Å²) in [5.41, 5.74) is -0.532. The Labute approximate surface area is 175 Å². The van der Waals surface area contributed by atoms with E-state index in [-0.39, 0.29) is 23.5 Å². The fourth-order valence-corrected chi connectivity index (χ4v) is 8.24. The van der Waals surface area contributed by atoms with Gasteiger partial charge in [0.2, 0.25) is 0 Å². The first-order chi connectivity index (χ1) is 13.6. The van der Waals surface area contributed by atoms with Crippen LogP contribution in [-0.4, -0.2) is 23.6 Å². The van der Waals surface area contributed by atoms with E-state index in [0.717, 1.165) is 44.9 Å².